The zero-order valence-electron chi connectivity index (χ0n) is 17.2. The minimum absolute atomic E-state index is 0.00517. The zero-order chi connectivity index (χ0) is 20.4. The third-order valence-electron chi connectivity index (χ3n) is 5.44. The minimum Gasteiger partial charge on any atom is -0.360 e. The number of fused-ring (bicyclic) bond motifs is 1. The van der Waals surface area contributed by atoms with Gasteiger partial charge in [0.15, 0.2) is 0 Å². The molecule has 6 nitrogen and oxygen atoms in total. The highest BCUT2D eigenvalue weighted by atomic mass is 32.1. The van der Waals surface area contributed by atoms with E-state index >= 15 is 0 Å². The van der Waals surface area contributed by atoms with Gasteiger partial charge in [0.05, 0.1) is 11.9 Å². The summed E-state index contributed by atoms with van der Waals surface area (Å²) in [5, 5.41) is 7.43. The predicted octanol–water partition coefficient (Wildman–Crippen LogP) is 3.42. The molecular weight excluding hydrogens is 382 g/mol. The molecule has 1 saturated heterocycles. The van der Waals surface area contributed by atoms with Gasteiger partial charge in [-0.25, -0.2) is 9.97 Å². The Morgan fingerprint density at radius 3 is 2.79 bits per heavy atom. The third-order valence-corrected chi connectivity index (χ3v) is 6.54. The highest BCUT2D eigenvalue weighted by Crippen LogP contribution is 2.33. The number of rotatable bonds is 6. The third kappa shape index (κ3) is 4.57. The zero-order valence-corrected chi connectivity index (χ0v) is 18.0. The quantitative estimate of drug-likeness (QED) is 0.653. The Morgan fingerprint density at radius 1 is 1.21 bits per heavy atom. The molecule has 29 heavy (non-hydrogen) atoms. The van der Waals surface area contributed by atoms with Crippen LogP contribution in [0.5, 0.6) is 0 Å². The number of aromatic nitrogens is 2. The van der Waals surface area contributed by atoms with Crippen molar-refractivity contribution < 1.29 is 4.79 Å². The lowest BCUT2D eigenvalue weighted by Gasteiger charge is -2.17. The van der Waals surface area contributed by atoms with Crippen molar-refractivity contribution in [3.05, 3.63) is 52.2 Å². The molecule has 0 unspecified atom stereocenters. The van der Waals surface area contributed by atoms with Crippen molar-refractivity contribution in [2.75, 3.05) is 25.0 Å². The SMILES string of the molecule is Cc1nc(NCC(=O)N[C@H]2CCN(Cc3ccccc3)C2)c2c(C)c(C)sc2n1. The van der Waals surface area contributed by atoms with E-state index in [1.54, 1.807) is 11.3 Å². The number of aryl methyl sites for hydroxylation is 3. The normalized spacial score (nSPS) is 17.0. The van der Waals surface area contributed by atoms with Crippen LogP contribution in [0.2, 0.25) is 0 Å². The Balaban J connectivity index is 1.32. The van der Waals surface area contributed by atoms with Gasteiger partial charge in [0.2, 0.25) is 5.91 Å². The number of likely N-dealkylation sites (tertiary alicyclic amines) is 1. The lowest BCUT2D eigenvalue weighted by molar-refractivity contribution is -0.120. The molecule has 7 heteroatoms. The predicted molar refractivity (Wildman–Crippen MR) is 118 cm³/mol. The van der Waals surface area contributed by atoms with E-state index in [1.165, 1.54) is 16.0 Å². The van der Waals surface area contributed by atoms with Crippen LogP contribution in [0.3, 0.4) is 0 Å². The number of hydrogen-bond acceptors (Lipinski definition) is 6. The average Bonchev–Trinajstić information content (AvgIpc) is 3.24. The van der Waals surface area contributed by atoms with E-state index in [9.17, 15) is 4.79 Å². The molecule has 1 fully saturated rings. The summed E-state index contributed by atoms with van der Waals surface area (Å²) in [7, 11) is 0. The van der Waals surface area contributed by atoms with Gasteiger partial charge >= 0.3 is 0 Å². The van der Waals surface area contributed by atoms with E-state index in [1.807, 2.05) is 13.0 Å². The van der Waals surface area contributed by atoms with Gasteiger partial charge < -0.3 is 10.6 Å². The molecule has 0 saturated carbocycles. The molecule has 1 aliphatic heterocycles. The van der Waals surface area contributed by atoms with Gasteiger partial charge in [0, 0.05) is 30.6 Å². The van der Waals surface area contributed by atoms with Crippen molar-refractivity contribution in [3.8, 4) is 0 Å². The van der Waals surface area contributed by atoms with E-state index < -0.39 is 0 Å². The van der Waals surface area contributed by atoms with Gasteiger partial charge in [-0.05, 0) is 38.3 Å². The largest absolute Gasteiger partial charge is 0.360 e. The molecule has 1 aromatic carbocycles. The van der Waals surface area contributed by atoms with Gasteiger partial charge in [-0.15, -0.1) is 11.3 Å². The molecule has 0 aliphatic carbocycles. The second-order valence-corrected chi connectivity index (χ2v) is 8.91. The van der Waals surface area contributed by atoms with Crippen LogP contribution in [0.4, 0.5) is 5.82 Å². The molecule has 0 radical (unpaired) electrons. The molecule has 0 spiro atoms. The van der Waals surface area contributed by atoms with E-state index in [0.29, 0.717) is 5.82 Å². The molecule has 1 amide bonds. The van der Waals surface area contributed by atoms with E-state index in [4.69, 9.17) is 0 Å². The highest BCUT2D eigenvalue weighted by Gasteiger charge is 2.24. The van der Waals surface area contributed by atoms with Crippen LogP contribution in [0.15, 0.2) is 30.3 Å². The number of carbonyl (C=O) groups excluding carboxylic acids is 1. The Bertz CT molecular complexity index is 1020. The molecular formula is C22H27N5OS. The first-order chi connectivity index (χ1) is 14.0. The summed E-state index contributed by atoms with van der Waals surface area (Å²) in [6, 6.07) is 10.7. The number of anilines is 1. The van der Waals surface area contributed by atoms with Crippen molar-refractivity contribution in [1.82, 2.24) is 20.2 Å². The topological polar surface area (TPSA) is 70.2 Å². The van der Waals surface area contributed by atoms with E-state index in [-0.39, 0.29) is 18.5 Å². The van der Waals surface area contributed by atoms with Crippen molar-refractivity contribution in [2.24, 2.45) is 0 Å². The summed E-state index contributed by atoms with van der Waals surface area (Å²) in [5.74, 6) is 1.47. The van der Waals surface area contributed by atoms with Crippen LogP contribution in [0, 0.1) is 20.8 Å². The number of hydrogen-bond donors (Lipinski definition) is 2. The minimum atomic E-state index is 0.00517. The lowest BCUT2D eigenvalue weighted by Crippen LogP contribution is -2.40. The summed E-state index contributed by atoms with van der Waals surface area (Å²) in [4.78, 5) is 26.2. The van der Waals surface area contributed by atoms with E-state index in [0.717, 1.165) is 42.1 Å². The van der Waals surface area contributed by atoms with Crippen LogP contribution in [0.25, 0.3) is 10.2 Å². The number of carbonyl (C=O) groups is 1. The van der Waals surface area contributed by atoms with Gasteiger partial charge in [-0.3, -0.25) is 9.69 Å². The van der Waals surface area contributed by atoms with Crippen LogP contribution in [-0.4, -0.2) is 46.5 Å². The van der Waals surface area contributed by atoms with Crippen LogP contribution in [0.1, 0.15) is 28.2 Å². The Kier molecular flexibility index (Phi) is 5.78. The second kappa shape index (κ2) is 8.47. The summed E-state index contributed by atoms with van der Waals surface area (Å²) in [5.41, 5.74) is 2.49. The number of nitrogens with zero attached hydrogens (tertiary/aromatic N) is 3. The molecule has 2 aromatic heterocycles. The molecule has 0 bridgehead atoms. The molecule has 4 rings (SSSR count). The molecule has 1 aliphatic rings. The fourth-order valence-corrected chi connectivity index (χ4v) is 4.94. The van der Waals surface area contributed by atoms with Crippen LogP contribution in [-0.2, 0) is 11.3 Å². The van der Waals surface area contributed by atoms with Gasteiger partial charge in [-0.2, -0.15) is 0 Å². The maximum atomic E-state index is 12.5. The summed E-state index contributed by atoms with van der Waals surface area (Å²) in [6.45, 7) is 9.10. The number of thiophene rings is 1. The molecule has 3 heterocycles. The first-order valence-corrected chi connectivity index (χ1v) is 10.8. The highest BCUT2D eigenvalue weighted by molar-refractivity contribution is 7.18. The lowest BCUT2D eigenvalue weighted by atomic mass is 10.2. The van der Waals surface area contributed by atoms with Gasteiger partial charge in [0.1, 0.15) is 16.5 Å². The molecule has 1 atom stereocenters. The maximum absolute atomic E-state index is 12.5. The average molecular weight is 410 g/mol. The Morgan fingerprint density at radius 2 is 2.00 bits per heavy atom. The van der Waals surface area contributed by atoms with Crippen molar-refractivity contribution >= 4 is 33.3 Å². The monoisotopic (exact) mass is 409 g/mol. The summed E-state index contributed by atoms with van der Waals surface area (Å²) < 4.78 is 0. The maximum Gasteiger partial charge on any atom is 0.239 e. The molecule has 152 valence electrons. The standard InChI is InChI=1S/C22H27N5OS/c1-14-15(2)29-22-20(14)21(24-16(3)25-22)23-11-19(28)26-18-9-10-27(13-18)12-17-7-5-4-6-8-17/h4-8,18H,9-13H2,1-3H3,(H,26,28)(H,23,24,25)/t18-/m0/s1. The number of nitrogens with one attached hydrogen (secondary N) is 2. The smallest absolute Gasteiger partial charge is 0.239 e. The second-order valence-electron chi connectivity index (χ2n) is 7.71. The van der Waals surface area contributed by atoms with Gasteiger partial charge in [0.25, 0.3) is 0 Å². The number of amides is 1. The van der Waals surface area contributed by atoms with Crippen molar-refractivity contribution in [2.45, 2.75) is 39.8 Å². The van der Waals surface area contributed by atoms with Crippen molar-refractivity contribution in [1.29, 1.82) is 0 Å². The van der Waals surface area contributed by atoms with Crippen LogP contribution < -0.4 is 10.6 Å². The fourth-order valence-electron chi connectivity index (χ4n) is 3.86. The fraction of sp³-hybridized carbons (Fsp3) is 0.409. The summed E-state index contributed by atoms with van der Waals surface area (Å²) in [6.07, 6.45) is 0.984. The van der Waals surface area contributed by atoms with Gasteiger partial charge in [-0.1, -0.05) is 30.3 Å². The molecule has 2 N–H and O–H groups in total. The van der Waals surface area contributed by atoms with Crippen molar-refractivity contribution in [3.63, 3.8) is 0 Å². The Labute approximate surface area is 175 Å². The summed E-state index contributed by atoms with van der Waals surface area (Å²) >= 11 is 1.67. The first-order valence-electron chi connectivity index (χ1n) is 10.0. The van der Waals surface area contributed by atoms with E-state index in [2.05, 4.69) is 63.6 Å². The first kappa shape index (κ1) is 19.8. The Hall–Kier alpha value is -2.51. The van der Waals surface area contributed by atoms with Crippen LogP contribution >= 0.6 is 11.3 Å². The molecule has 3 aromatic rings. The number of benzene rings is 1.